The van der Waals surface area contributed by atoms with E-state index in [1.165, 1.54) is 21.8 Å². The fraction of sp³-hybridized carbons (Fsp3) is 0.0952. The standard InChI is InChI=1S/C21H14N2O4S/c1-12-15-7-6-13-4-2-3-5-16(13)19(15)27-18(12)20(25)26-11-14-10-17(24)23-8-9-28-21(23)22-14/h2-10H,11H2,1H3. The van der Waals surface area contributed by atoms with Gasteiger partial charge in [-0.1, -0.05) is 36.4 Å². The maximum atomic E-state index is 12.6. The van der Waals surface area contributed by atoms with Crippen molar-refractivity contribution in [2.45, 2.75) is 13.5 Å². The van der Waals surface area contributed by atoms with Gasteiger partial charge in [-0.2, -0.15) is 0 Å². The number of benzene rings is 2. The SMILES string of the molecule is Cc1c(C(=O)OCc2cc(=O)n3ccsc3n2)oc2c1ccc1ccccc12. The Morgan fingerprint density at radius 1 is 1.21 bits per heavy atom. The van der Waals surface area contributed by atoms with E-state index >= 15 is 0 Å². The Balaban J connectivity index is 1.47. The first-order valence-electron chi connectivity index (χ1n) is 8.65. The third-order valence-electron chi connectivity index (χ3n) is 4.72. The number of rotatable bonds is 3. The summed E-state index contributed by atoms with van der Waals surface area (Å²) in [5.74, 6) is -0.411. The Morgan fingerprint density at radius 3 is 2.96 bits per heavy atom. The normalized spacial score (nSPS) is 11.5. The molecule has 0 spiro atoms. The van der Waals surface area contributed by atoms with Crippen LogP contribution in [0.1, 0.15) is 21.8 Å². The van der Waals surface area contributed by atoms with E-state index in [0.29, 0.717) is 16.2 Å². The summed E-state index contributed by atoms with van der Waals surface area (Å²) < 4.78 is 12.7. The number of hydrogen-bond acceptors (Lipinski definition) is 6. The number of esters is 1. The molecule has 0 amide bonds. The van der Waals surface area contributed by atoms with Gasteiger partial charge in [-0.15, -0.1) is 11.3 Å². The van der Waals surface area contributed by atoms with Gasteiger partial charge >= 0.3 is 5.97 Å². The number of nitrogens with zero attached hydrogens (tertiary/aromatic N) is 2. The first-order chi connectivity index (χ1) is 13.6. The molecule has 0 aliphatic carbocycles. The highest BCUT2D eigenvalue weighted by Gasteiger charge is 2.20. The molecule has 0 atom stereocenters. The van der Waals surface area contributed by atoms with E-state index in [0.717, 1.165) is 21.7 Å². The van der Waals surface area contributed by atoms with Crippen LogP contribution in [-0.4, -0.2) is 15.4 Å². The molecule has 0 bridgehead atoms. The Morgan fingerprint density at radius 2 is 2.07 bits per heavy atom. The molecule has 3 aromatic heterocycles. The predicted octanol–water partition coefficient (Wildman–Crippen LogP) is 4.32. The van der Waals surface area contributed by atoms with Crippen molar-refractivity contribution in [2.75, 3.05) is 0 Å². The number of ether oxygens (including phenoxy) is 1. The second-order valence-electron chi connectivity index (χ2n) is 6.44. The van der Waals surface area contributed by atoms with Crippen LogP contribution in [0, 0.1) is 6.92 Å². The maximum Gasteiger partial charge on any atom is 0.374 e. The monoisotopic (exact) mass is 390 g/mol. The van der Waals surface area contributed by atoms with Crippen LogP contribution in [-0.2, 0) is 11.3 Å². The minimum absolute atomic E-state index is 0.0975. The summed E-state index contributed by atoms with van der Waals surface area (Å²) in [6.07, 6.45) is 1.66. The number of thiazole rings is 1. The Bertz CT molecular complexity index is 1430. The predicted molar refractivity (Wildman–Crippen MR) is 107 cm³/mol. The minimum atomic E-state index is -0.578. The van der Waals surface area contributed by atoms with Crippen LogP contribution in [0.4, 0.5) is 0 Å². The lowest BCUT2D eigenvalue weighted by Crippen LogP contribution is -2.14. The Hall–Kier alpha value is -3.45. The Kier molecular flexibility index (Phi) is 3.77. The second kappa shape index (κ2) is 6.31. The minimum Gasteiger partial charge on any atom is -0.453 e. The van der Waals surface area contributed by atoms with Gasteiger partial charge in [0, 0.05) is 34.0 Å². The van der Waals surface area contributed by atoms with E-state index in [9.17, 15) is 9.59 Å². The van der Waals surface area contributed by atoms with Crippen molar-refractivity contribution in [2.24, 2.45) is 0 Å². The van der Waals surface area contributed by atoms with Crippen molar-refractivity contribution < 1.29 is 13.9 Å². The molecule has 0 unspecified atom stereocenters. The van der Waals surface area contributed by atoms with Gasteiger partial charge in [-0.25, -0.2) is 9.78 Å². The van der Waals surface area contributed by atoms with Gasteiger partial charge in [0.05, 0.1) is 5.69 Å². The van der Waals surface area contributed by atoms with Crippen LogP contribution in [0.5, 0.6) is 0 Å². The van der Waals surface area contributed by atoms with Crippen molar-refractivity contribution in [3.8, 4) is 0 Å². The van der Waals surface area contributed by atoms with Crippen LogP contribution in [0.15, 0.2) is 63.3 Å². The molecule has 2 aromatic carbocycles. The lowest BCUT2D eigenvalue weighted by molar-refractivity contribution is 0.0433. The summed E-state index contributed by atoms with van der Waals surface area (Å²) in [4.78, 5) is 29.6. The average molecular weight is 390 g/mol. The molecule has 0 fully saturated rings. The highest BCUT2D eigenvalue weighted by atomic mass is 32.1. The third-order valence-corrected chi connectivity index (χ3v) is 5.48. The average Bonchev–Trinajstić information content (AvgIpc) is 3.31. The number of hydrogen-bond donors (Lipinski definition) is 0. The van der Waals surface area contributed by atoms with Gasteiger partial charge in [0.15, 0.2) is 4.96 Å². The summed E-state index contributed by atoms with van der Waals surface area (Å²) in [7, 11) is 0. The van der Waals surface area contributed by atoms with E-state index in [-0.39, 0.29) is 17.9 Å². The summed E-state index contributed by atoms with van der Waals surface area (Å²) in [6, 6.07) is 13.2. The topological polar surface area (TPSA) is 73.8 Å². The molecule has 5 rings (SSSR count). The molecular formula is C21H14N2O4S. The fourth-order valence-electron chi connectivity index (χ4n) is 3.31. The first kappa shape index (κ1) is 16.7. The molecule has 0 saturated carbocycles. The Labute approximate surface area is 162 Å². The lowest BCUT2D eigenvalue weighted by Gasteiger charge is -2.03. The summed E-state index contributed by atoms with van der Waals surface area (Å²) in [6.45, 7) is 1.74. The zero-order valence-electron chi connectivity index (χ0n) is 14.8. The molecule has 3 heterocycles. The molecule has 138 valence electrons. The summed E-state index contributed by atoms with van der Waals surface area (Å²) in [5.41, 5.74) is 1.59. The maximum absolute atomic E-state index is 12.6. The van der Waals surface area contributed by atoms with E-state index < -0.39 is 5.97 Å². The molecule has 0 N–H and O–H groups in total. The van der Waals surface area contributed by atoms with Crippen molar-refractivity contribution in [3.05, 3.63) is 81.4 Å². The number of aromatic nitrogens is 2. The van der Waals surface area contributed by atoms with Crippen molar-refractivity contribution in [3.63, 3.8) is 0 Å². The molecular weight excluding hydrogens is 376 g/mol. The van der Waals surface area contributed by atoms with Gasteiger partial charge in [0.2, 0.25) is 5.76 Å². The zero-order chi connectivity index (χ0) is 19.3. The van der Waals surface area contributed by atoms with E-state index in [4.69, 9.17) is 9.15 Å². The van der Waals surface area contributed by atoms with E-state index in [1.807, 2.05) is 43.3 Å². The van der Waals surface area contributed by atoms with Gasteiger partial charge in [-0.3, -0.25) is 9.20 Å². The highest BCUT2D eigenvalue weighted by Crippen LogP contribution is 2.32. The molecule has 28 heavy (non-hydrogen) atoms. The summed E-state index contributed by atoms with van der Waals surface area (Å²) >= 11 is 1.35. The van der Waals surface area contributed by atoms with Crippen LogP contribution in [0.25, 0.3) is 26.7 Å². The van der Waals surface area contributed by atoms with E-state index in [1.54, 1.807) is 11.6 Å². The number of carbonyl (C=O) groups is 1. The number of aryl methyl sites for hydroxylation is 1. The first-order valence-corrected chi connectivity index (χ1v) is 9.53. The molecule has 0 saturated heterocycles. The second-order valence-corrected chi connectivity index (χ2v) is 7.31. The molecule has 0 radical (unpaired) electrons. The smallest absolute Gasteiger partial charge is 0.374 e. The van der Waals surface area contributed by atoms with Gasteiger partial charge in [-0.05, 0) is 12.3 Å². The van der Waals surface area contributed by atoms with Crippen LogP contribution < -0.4 is 5.56 Å². The van der Waals surface area contributed by atoms with Crippen LogP contribution in [0.3, 0.4) is 0 Å². The highest BCUT2D eigenvalue weighted by molar-refractivity contribution is 7.15. The zero-order valence-corrected chi connectivity index (χ0v) is 15.7. The van der Waals surface area contributed by atoms with Crippen LogP contribution in [0.2, 0.25) is 0 Å². The molecule has 0 aliphatic heterocycles. The van der Waals surface area contributed by atoms with Gasteiger partial charge in [0.1, 0.15) is 12.2 Å². The number of fused-ring (bicyclic) bond motifs is 4. The van der Waals surface area contributed by atoms with Crippen molar-refractivity contribution in [1.82, 2.24) is 9.38 Å². The van der Waals surface area contributed by atoms with Crippen molar-refractivity contribution >= 4 is 44.0 Å². The molecule has 6 nitrogen and oxygen atoms in total. The number of furan rings is 1. The van der Waals surface area contributed by atoms with Gasteiger partial charge in [0.25, 0.3) is 5.56 Å². The summed E-state index contributed by atoms with van der Waals surface area (Å²) in [5, 5.41) is 4.64. The lowest BCUT2D eigenvalue weighted by atomic mass is 10.1. The van der Waals surface area contributed by atoms with Crippen molar-refractivity contribution in [1.29, 1.82) is 0 Å². The largest absolute Gasteiger partial charge is 0.453 e. The van der Waals surface area contributed by atoms with Gasteiger partial charge < -0.3 is 9.15 Å². The molecule has 0 aliphatic rings. The van der Waals surface area contributed by atoms with E-state index in [2.05, 4.69) is 4.98 Å². The quantitative estimate of drug-likeness (QED) is 0.429. The third kappa shape index (κ3) is 2.59. The van der Waals surface area contributed by atoms with Crippen LogP contribution >= 0.6 is 11.3 Å². The number of carbonyl (C=O) groups excluding carboxylic acids is 1. The molecule has 5 aromatic rings. The fourth-order valence-corrected chi connectivity index (χ4v) is 4.05. The molecule has 7 heteroatoms.